The molecule has 2 aromatic carbocycles. The SMILES string of the molecule is CC.CCCCC(O)COC(=O)c1ccccc1.CO.Cc1ccccc1. The van der Waals surface area contributed by atoms with Crippen LogP contribution in [0.2, 0.25) is 0 Å². The predicted octanol–water partition coefficient (Wildman–Crippen LogP) is 5.02. The first-order chi connectivity index (χ1) is 13.1. The Bertz CT molecular complexity index is 541. The van der Waals surface area contributed by atoms with Gasteiger partial charge in [0.1, 0.15) is 6.61 Å². The summed E-state index contributed by atoms with van der Waals surface area (Å²) >= 11 is 0. The second kappa shape index (κ2) is 20.1. The number of rotatable bonds is 6. The Hall–Kier alpha value is -2.17. The van der Waals surface area contributed by atoms with Crippen molar-refractivity contribution in [3.05, 3.63) is 71.8 Å². The normalized spacial score (nSPS) is 9.89. The Morgan fingerprint density at radius 2 is 1.44 bits per heavy atom. The number of hydrogen-bond acceptors (Lipinski definition) is 4. The summed E-state index contributed by atoms with van der Waals surface area (Å²) < 4.78 is 5.00. The highest BCUT2D eigenvalue weighted by molar-refractivity contribution is 5.89. The molecule has 0 heterocycles. The van der Waals surface area contributed by atoms with E-state index in [2.05, 4.69) is 26.0 Å². The van der Waals surface area contributed by atoms with Crippen LogP contribution in [-0.2, 0) is 4.74 Å². The Morgan fingerprint density at radius 3 is 1.85 bits per heavy atom. The molecule has 1 atom stereocenters. The molecule has 1 unspecified atom stereocenters. The van der Waals surface area contributed by atoms with Crippen LogP contribution in [0.25, 0.3) is 0 Å². The van der Waals surface area contributed by atoms with Gasteiger partial charge in [-0.3, -0.25) is 0 Å². The first kappa shape index (κ1) is 27.1. The van der Waals surface area contributed by atoms with Gasteiger partial charge in [0, 0.05) is 7.11 Å². The molecule has 0 spiro atoms. The molecule has 2 rings (SSSR count). The molecule has 27 heavy (non-hydrogen) atoms. The van der Waals surface area contributed by atoms with Gasteiger partial charge in [-0.25, -0.2) is 4.79 Å². The van der Waals surface area contributed by atoms with E-state index in [9.17, 15) is 9.90 Å². The molecule has 0 aliphatic carbocycles. The molecule has 152 valence electrons. The zero-order chi connectivity index (χ0) is 20.9. The standard InChI is InChI=1S/C13H18O3.C7H8.C2H6.CH4O/c1-2-3-9-12(14)10-16-13(15)11-7-5-4-6-8-11;1-7-5-3-2-4-6-7;2*1-2/h4-8,12,14H,2-3,9-10H2,1H3;2-6H,1H3;1-2H3;2H,1H3. The molecule has 0 aliphatic heterocycles. The topological polar surface area (TPSA) is 66.8 Å². The lowest BCUT2D eigenvalue weighted by Crippen LogP contribution is -2.18. The number of unbranched alkanes of at least 4 members (excludes halogenated alkanes) is 1. The fourth-order valence-electron chi connectivity index (χ4n) is 1.89. The van der Waals surface area contributed by atoms with Gasteiger partial charge in [0.15, 0.2) is 0 Å². The van der Waals surface area contributed by atoms with Crippen molar-refractivity contribution in [3.8, 4) is 0 Å². The average Bonchev–Trinajstić information content (AvgIpc) is 2.75. The van der Waals surface area contributed by atoms with Crippen molar-refractivity contribution in [3.63, 3.8) is 0 Å². The maximum Gasteiger partial charge on any atom is 0.338 e. The minimum atomic E-state index is -0.549. The van der Waals surface area contributed by atoms with Crippen LogP contribution in [0.3, 0.4) is 0 Å². The summed E-state index contributed by atoms with van der Waals surface area (Å²) in [5.74, 6) is -0.379. The third-order valence-corrected chi connectivity index (χ3v) is 3.25. The van der Waals surface area contributed by atoms with Gasteiger partial charge >= 0.3 is 5.97 Å². The minimum Gasteiger partial charge on any atom is -0.459 e. The summed E-state index contributed by atoms with van der Waals surface area (Å²) in [5.41, 5.74) is 1.84. The Kier molecular flexibility index (Phi) is 20.2. The van der Waals surface area contributed by atoms with Crippen LogP contribution in [0, 0.1) is 6.92 Å². The highest BCUT2D eigenvalue weighted by atomic mass is 16.5. The summed E-state index contributed by atoms with van der Waals surface area (Å²) in [6.45, 7) is 8.22. The number of benzene rings is 2. The van der Waals surface area contributed by atoms with Crippen molar-refractivity contribution in [2.24, 2.45) is 0 Å². The molecule has 2 aromatic rings. The molecular weight excluding hydrogens is 340 g/mol. The molecule has 0 saturated carbocycles. The lowest BCUT2D eigenvalue weighted by molar-refractivity contribution is 0.0234. The molecule has 0 fully saturated rings. The fourth-order valence-corrected chi connectivity index (χ4v) is 1.89. The third kappa shape index (κ3) is 15.8. The molecule has 0 aromatic heterocycles. The van der Waals surface area contributed by atoms with Crippen molar-refractivity contribution >= 4 is 5.97 Å². The molecule has 4 heteroatoms. The molecule has 2 N–H and O–H groups in total. The number of carbonyl (C=O) groups excluding carboxylic acids is 1. The summed E-state index contributed by atoms with van der Waals surface area (Å²) in [6.07, 6.45) is 2.11. The lowest BCUT2D eigenvalue weighted by atomic mass is 10.2. The number of aliphatic hydroxyl groups is 2. The van der Waals surface area contributed by atoms with Crippen molar-refractivity contribution < 1.29 is 19.7 Å². The number of aliphatic hydroxyl groups excluding tert-OH is 2. The molecule has 0 radical (unpaired) electrons. The molecule has 0 saturated heterocycles. The number of hydrogen-bond donors (Lipinski definition) is 2. The van der Waals surface area contributed by atoms with E-state index in [0.717, 1.165) is 20.0 Å². The maximum atomic E-state index is 11.5. The van der Waals surface area contributed by atoms with E-state index in [1.165, 1.54) is 5.56 Å². The van der Waals surface area contributed by atoms with E-state index in [1.807, 2.05) is 38.1 Å². The summed E-state index contributed by atoms with van der Waals surface area (Å²) in [5, 5.41) is 16.5. The van der Waals surface area contributed by atoms with Crippen LogP contribution >= 0.6 is 0 Å². The number of aryl methyl sites for hydroxylation is 1. The molecule has 0 bridgehead atoms. The van der Waals surface area contributed by atoms with Gasteiger partial charge in [-0.1, -0.05) is 87.7 Å². The zero-order valence-electron chi connectivity index (χ0n) is 17.4. The lowest BCUT2D eigenvalue weighted by Gasteiger charge is -2.10. The molecule has 4 nitrogen and oxygen atoms in total. The fraction of sp³-hybridized carbons (Fsp3) is 0.435. The van der Waals surface area contributed by atoms with Crippen molar-refractivity contribution in [2.75, 3.05) is 13.7 Å². The van der Waals surface area contributed by atoms with Gasteiger partial charge in [0.2, 0.25) is 0 Å². The maximum absolute atomic E-state index is 11.5. The largest absolute Gasteiger partial charge is 0.459 e. The average molecular weight is 377 g/mol. The smallest absolute Gasteiger partial charge is 0.338 e. The van der Waals surface area contributed by atoms with E-state index in [0.29, 0.717) is 12.0 Å². The van der Waals surface area contributed by atoms with E-state index in [4.69, 9.17) is 9.84 Å². The molecule has 0 amide bonds. The summed E-state index contributed by atoms with van der Waals surface area (Å²) in [7, 11) is 1.00. The number of ether oxygens (including phenoxy) is 1. The highest BCUT2D eigenvalue weighted by Gasteiger charge is 2.09. The van der Waals surface area contributed by atoms with Gasteiger partial charge in [-0.15, -0.1) is 0 Å². The third-order valence-electron chi connectivity index (χ3n) is 3.25. The first-order valence-electron chi connectivity index (χ1n) is 9.50. The van der Waals surface area contributed by atoms with E-state index in [1.54, 1.807) is 24.3 Å². The monoisotopic (exact) mass is 376 g/mol. The Labute approximate surface area is 164 Å². The highest BCUT2D eigenvalue weighted by Crippen LogP contribution is 2.04. The number of esters is 1. The molecule has 0 aliphatic rings. The summed E-state index contributed by atoms with van der Waals surface area (Å²) in [6, 6.07) is 19.1. The Balaban J connectivity index is 0. The van der Waals surface area contributed by atoms with Crippen LogP contribution < -0.4 is 0 Å². The first-order valence-corrected chi connectivity index (χ1v) is 9.50. The van der Waals surface area contributed by atoms with Crippen LogP contribution in [0.4, 0.5) is 0 Å². The predicted molar refractivity (Wildman–Crippen MR) is 113 cm³/mol. The molecular formula is C23H36O4. The quantitative estimate of drug-likeness (QED) is 0.694. The van der Waals surface area contributed by atoms with Gasteiger partial charge in [-0.05, 0) is 25.5 Å². The number of carbonyl (C=O) groups is 1. The van der Waals surface area contributed by atoms with Gasteiger partial charge in [0.05, 0.1) is 11.7 Å². The van der Waals surface area contributed by atoms with Crippen molar-refractivity contribution in [1.29, 1.82) is 0 Å². The van der Waals surface area contributed by atoms with Crippen molar-refractivity contribution in [2.45, 2.75) is 53.1 Å². The van der Waals surface area contributed by atoms with Crippen LogP contribution in [0.1, 0.15) is 56.0 Å². The van der Waals surface area contributed by atoms with E-state index in [-0.39, 0.29) is 12.6 Å². The van der Waals surface area contributed by atoms with Crippen molar-refractivity contribution in [1.82, 2.24) is 0 Å². The van der Waals surface area contributed by atoms with Crippen LogP contribution in [-0.4, -0.2) is 36.0 Å². The Morgan fingerprint density at radius 1 is 0.963 bits per heavy atom. The minimum absolute atomic E-state index is 0.0771. The second-order valence-corrected chi connectivity index (χ2v) is 5.42. The van der Waals surface area contributed by atoms with Gasteiger partial charge < -0.3 is 14.9 Å². The van der Waals surface area contributed by atoms with E-state index < -0.39 is 6.10 Å². The second-order valence-electron chi connectivity index (χ2n) is 5.42. The van der Waals surface area contributed by atoms with E-state index >= 15 is 0 Å². The summed E-state index contributed by atoms with van der Waals surface area (Å²) in [4.78, 5) is 11.5. The van der Waals surface area contributed by atoms with Gasteiger partial charge in [0.25, 0.3) is 0 Å². The van der Waals surface area contributed by atoms with Gasteiger partial charge in [-0.2, -0.15) is 0 Å². The van der Waals surface area contributed by atoms with Crippen LogP contribution in [0.5, 0.6) is 0 Å². The van der Waals surface area contributed by atoms with Crippen LogP contribution in [0.15, 0.2) is 60.7 Å². The zero-order valence-corrected chi connectivity index (χ0v) is 17.4.